The van der Waals surface area contributed by atoms with Crippen LogP contribution < -0.4 is 4.74 Å². The summed E-state index contributed by atoms with van der Waals surface area (Å²) < 4.78 is 11.0. The van der Waals surface area contributed by atoms with Gasteiger partial charge in [-0.2, -0.15) is 0 Å². The molecule has 116 valence electrons. The molecule has 1 aromatic carbocycles. The average Bonchev–Trinajstić information content (AvgIpc) is 2.41. The SMILES string of the molecule is C=CCc1cc(CN2C[C@H](C)O[C@@H](C)C2)c(O)c(OC)c1. The van der Waals surface area contributed by atoms with Gasteiger partial charge in [-0.25, -0.2) is 0 Å². The van der Waals surface area contributed by atoms with E-state index in [1.807, 2.05) is 18.2 Å². The first kappa shape index (κ1) is 15.9. The average molecular weight is 291 g/mol. The van der Waals surface area contributed by atoms with Crippen LogP contribution in [0.15, 0.2) is 24.8 Å². The highest BCUT2D eigenvalue weighted by atomic mass is 16.5. The molecule has 0 bridgehead atoms. The predicted molar refractivity (Wildman–Crippen MR) is 83.8 cm³/mol. The van der Waals surface area contributed by atoms with Gasteiger partial charge in [0.05, 0.1) is 19.3 Å². The van der Waals surface area contributed by atoms with E-state index in [9.17, 15) is 5.11 Å². The Morgan fingerprint density at radius 2 is 2.05 bits per heavy atom. The maximum Gasteiger partial charge on any atom is 0.162 e. The summed E-state index contributed by atoms with van der Waals surface area (Å²) >= 11 is 0. The second kappa shape index (κ2) is 6.96. The molecule has 2 atom stereocenters. The van der Waals surface area contributed by atoms with E-state index in [4.69, 9.17) is 9.47 Å². The van der Waals surface area contributed by atoms with Crippen LogP contribution in [0.2, 0.25) is 0 Å². The minimum absolute atomic E-state index is 0.217. The second-order valence-corrected chi connectivity index (χ2v) is 5.75. The van der Waals surface area contributed by atoms with Gasteiger partial charge in [-0.3, -0.25) is 4.90 Å². The summed E-state index contributed by atoms with van der Waals surface area (Å²) in [7, 11) is 1.58. The van der Waals surface area contributed by atoms with Crippen molar-refractivity contribution in [1.29, 1.82) is 0 Å². The summed E-state index contributed by atoms with van der Waals surface area (Å²) in [4.78, 5) is 2.31. The zero-order valence-electron chi connectivity index (χ0n) is 13.1. The van der Waals surface area contributed by atoms with Gasteiger partial charge in [0.15, 0.2) is 11.5 Å². The molecule has 0 unspecified atom stereocenters. The molecule has 1 aliphatic rings. The molecule has 1 saturated heterocycles. The summed E-state index contributed by atoms with van der Waals surface area (Å²) in [6.07, 6.45) is 3.05. The van der Waals surface area contributed by atoms with E-state index in [2.05, 4.69) is 25.3 Å². The third kappa shape index (κ3) is 3.99. The molecule has 4 heteroatoms. The Labute approximate surface area is 127 Å². The minimum atomic E-state index is 0.217. The van der Waals surface area contributed by atoms with E-state index in [1.165, 1.54) is 0 Å². The van der Waals surface area contributed by atoms with E-state index in [-0.39, 0.29) is 18.0 Å². The number of methoxy groups -OCH3 is 1. The lowest BCUT2D eigenvalue weighted by Gasteiger charge is -2.35. The summed E-state index contributed by atoms with van der Waals surface area (Å²) in [5, 5.41) is 10.3. The normalized spacial score (nSPS) is 23.0. The molecule has 0 spiro atoms. The molecule has 0 saturated carbocycles. The number of hydrogen-bond donors (Lipinski definition) is 1. The Morgan fingerprint density at radius 1 is 1.38 bits per heavy atom. The number of morpholine rings is 1. The zero-order valence-corrected chi connectivity index (χ0v) is 13.1. The Bertz CT molecular complexity index is 491. The van der Waals surface area contributed by atoms with Gasteiger partial charge >= 0.3 is 0 Å². The molecule has 0 amide bonds. The zero-order chi connectivity index (χ0) is 15.4. The number of rotatable bonds is 5. The van der Waals surface area contributed by atoms with Crippen molar-refractivity contribution in [3.63, 3.8) is 0 Å². The number of nitrogens with zero attached hydrogens (tertiary/aromatic N) is 1. The van der Waals surface area contributed by atoms with Crippen LogP contribution in [0.5, 0.6) is 11.5 Å². The van der Waals surface area contributed by atoms with E-state index in [0.29, 0.717) is 12.3 Å². The smallest absolute Gasteiger partial charge is 0.162 e. The molecule has 1 fully saturated rings. The molecular weight excluding hydrogens is 266 g/mol. The van der Waals surface area contributed by atoms with Gasteiger partial charge in [0.25, 0.3) is 0 Å². The molecule has 21 heavy (non-hydrogen) atoms. The molecule has 1 heterocycles. The second-order valence-electron chi connectivity index (χ2n) is 5.75. The van der Waals surface area contributed by atoms with Crippen molar-refractivity contribution >= 4 is 0 Å². The first-order valence-electron chi connectivity index (χ1n) is 7.41. The number of aromatic hydroxyl groups is 1. The van der Waals surface area contributed by atoms with Gasteiger partial charge in [-0.15, -0.1) is 6.58 Å². The number of ether oxygens (including phenoxy) is 2. The summed E-state index contributed by atoms with van der Waals surface area (Å²) in [6.45, 7) is 10.4. The van der Waals surface area contributed by atoms with E-state index in [0.717, 1.165) is 30.6 Å². The quantitative estimate of drug-likeness (QED) is 0.847. The van der Waals surface area contributed by atoms with Gasteiger partial charge in [0.1, 0.15) is 0 Å². The van der Waals surface area contributed by atoms with Crippen molar-refractivity contribution in [1.82, 2.24) is 4.90 Å². The van der Waals surface area contributed by atoms with Gasteiger partial charge < -0.3 is 14.6 Å². The molecule has 1 aliphatic heterocycles. The maximum atomic E-state index is 10.3. The fraction of sp³-hybridized carbons (Fsp3) is 0.529. The molecule has 2 rings (SSSR count). The molecule has 0 aromatic heterocycles. The first-order valence-corrected chi connectivity index (χ1v) is 7.41. The van der Waals surface area contributed by atoms with Crippen LogP contribution in [0.25, 0.3) is 0 Å². The van der Waals surface area contributed by atoms with Gasteiger partial charge in [-0.1, -0.05) is 12.1 Å². The van der Waals surface area contributed by atoms with Crippen molar-refractivity contribution in [2.75, 3.05) is 20.2 Å². The van der Waals surface area contributed by atoms with Gasteiger partial charge in [-0.05, 0) is 31.9 Å². The Kier molecular flexibility index (Phi) is 5.26. The van der Waals surface area contributed by atoms with Crippen molar-refractivity contribution in [3.8, 4) is 11.5 Å². The highest BCUT2D eigenvalue weighted by Gasteiger charge is 2.23. The van der Waals surface area contributed by atoms with Crippen molar-refractivity contribution < 1.29 is 14.6 Å². The standard InChI is InChI=1S/C17H25NO3/c1-5-6-14-7-15(17(19)16(8-14)20-4)11-18-9-12(2)21-13(3)10-18/h5,7-8,12-13,19H,1,6,9-11H2,2-4H3/t12-,13-/m0/s1. The number of benzene rings is 1. The Morgan fingerprint density at radius 3 is 2.62 bits per heavy atom. The lowest BCUT2D eigenvalue weighted by atomic mass is 10.0. The molecule has 1 N–H and O–H groups in total. The lowest BCUT2D eigenvalue weighted by Crippen LogP contribution is -2.44. The van der Waals surface area contributed by atoms with Crippen LogP contribution in [-0.4, -0.2) is 42.4 Å². The summed E-state index contributed by atoms with van der Waals surface area (Å²) in [6, 6.07) is 3.90. The highest BCUT2D eigenvalue weighted by molar-refractivity contribution is 5.48. The topological polar surface area (TPSA) is 41.9 Å². The van der Waals surface area contributed by atoms with Crippen molar-refractivity contribution in [3.05, 3.63) is 35.9 Å². The van der Waals surface area contributed by atoms with Crippen LogP contribution in [-0.2, 0) is 17.7 Å². The molecule has 1 aromatic rings. The number of allylic oxidation sites excluding steroid dienone is 1. The first-order chi connectivity index (χ1) is 10.0. The predicted octanol–water partition coefficient (Wildman–Crippen LogP) is 2.74. The molecular formula is C17H25NO3. The van der Waals surface area contributed by atoms with Crippen molar-refractivity contribution in [2.24, 2.45) is 0 Å². The van der Waals surface area contributed by atoms with Crippen LogP contribution in [0.4, 0.5) is 0 Å². The number of phenols is 1. The van der Waals surface area contributed by atoms with Crippen LogP contribution >= 0.6 is 0 Å². The minimum Gasteiger partial charge on any atom is -0.504 e. The maximum absolute atomic E-state index is 10.3. The van der Waals surface area contributed by atoms with Gasteiger partial charge in [0.2, 0.25) is 0 Å². The molecule has 0 radical (unpaired) electrons. The monoisotopic (exact) mass is 291 g/mol. The molecule has 4 nitrogen and oxygen atoms in total. The van der Waals surface area contributed by atoms with Crippen molar-refractivity contribution in [2.45, 2.75) is 39.0 Å². The summed E-state index contributed by atoms with van der Waals surface area (Å²) in [5.41, 5.74) is 2.00. The van der Waals surface area contributed by atoms with Crippen LogP contribution in [0, 0.1) is 0 Å². The number of hydrogen-bond acceptors (Lipinski definition) is 4. The largest absolute Gasteiger partial charge is 0.504 e. The van der Waals surface area contributed by atoms with Crippen LogP contribution in [0.1, 0.15) is 25.0 Å². The third-order valence-corrected chi connectivity index (χ3v) is 3.70. The van der Waals surface area contributed by atoms with Crippen LogP contribution in [0.3, 0.4) is 0 Å². The Balaban J connectivity index is 2.21. The van der Waals surface area contributed by atoms with E-state index >= 15 is 0 Å². The van der Waals surface area contributed by atoms with E-state index < -0.39 is 0 Å². The highest BCUT2D eigenvalue weighted by Crippen LogP contribution is 2.33. The fourth-order valence-electron chi connectivity index (χ4n) is 2.94. The lowest BCUT2D eigenvalue weighted by molar-refractivity contribution is -0.0706. The fourth-order valence-corrected chi connectivity index (χ4v) is 2.94. The molecule has 0 aliphatic carbocycles. The summed E-state index contributed by atoms with van der Waals surface area (Å²) in [5.74, 6) is 0.760. The Hall–Kier alpha value is -1.52. The van der Waals surface area contributed by atoms with E-state index in [1.54, 1.807) is 7.11 Å². The number of phenolic OH excluding ortho intramolecular Hbond substituents is 1. The van der Waals surface area contributed by atoms with Gasteiger partial charge in [0, 0.05) is 25.2 Å². The third-order valence-electron chi connectivity index (χ3n) is 3.70.